The topological polar surface area (TPSA) is 83.3 Å². The van der Waals surface area contributed by atoms with Crippen LogP contribution in [0.4, 0.5) is 11.5 Å². The van der Waals surface area contributed by atoms with Gasteiger partial charge in [-0.25, -0.2) is 4.98 Å². The smallest absolute Gasteiger partial charge is 0.263 e. The molecule has 0 saturated heterocycles. The highest BCUT2D eigenvalue weighted by atomic mass is 32.2. The Balaban J connectivity index is 1.82. The van der Waals surface area contributed by atoms with E-state index >= 15 is 0 Å². The molecule has 4 N–H and O–H groups in total. The number of thioether (sulfide) groups is 1. The quantitative estimate of drug-likeness (QED) is 0.735. The van der Waals surface area contributed by atoms with E-state index < -0.39 is 0 Å². The molecule has 0 radical (unpaired) electrons. The van der Waals surface area contributed by atoms with E-state index in [9.17, 15) is 4.79 Å². The number of likely N-dealkylation sites (N-methyl/N-ethyl adjacent to an activating group) is 1. The number of anilines is 2. The molecule has 0 aliphatic carbocycles. The Hall–Kier alpha value is -1.73. The molecule has 1 atom stereocenters. The minimum atomic E-state index is -0.0845. The van der Waals surface area contributed by atoms with Crippen molar-refractivity contribution in [1.82, 2.24) is 10.3 Å². The number of rotatable bonds is 2. The van der Waals surface area contributed by atoms with Gasteiger partial charge in [-0.2, -0.15) is 0 Å². The maximum absolute atomic E-state index is 12.2. The number of nitrogens with zero attached hydrogens (tertiary/aromatic N) is 2. The van der Waals surface area contributed by atoms with Gasteiger partial charge in [0.1, 0.15) is 5.82 Å². The van der Waals surface area contributed by atoms with Crippen LogP contribution in [0.15, 0.2) is 23.4 Å². The second-order valence-corrected chi connectivity index (χ2v) is 5.95. The number of fused-ring (bicyclic) bond motifs is 1. The molecule has 3 rings (SSSR count). The lowest BCUT2D eigenvalue weighted by atomic mass is 10.1. The molecule has 1 aromatic heterocycles. The lowest BCUT2D eigenvalue weighted by Gasteiger charge is -2.17. The number of hydrogen-bond donors (Lipinski definition) is 3. The van der Waals surface area contributed by atoms with Crippen LogP contribution in [0.2, 0.25) is 0 Å². The lowest BCUT2D eigenvalue weighted by Crippen LogP contribution is -2.36. The Labute approximate surface area is 121 Å². The van der Waals surface area contributed by atoms with Crippen LogP contribution >= 0.6 is 11.8 Å². The number of aromatic nitrogens is 1. The monoisotopic (exact) mass is 291 g/mol. The highest BCUT2D eigenvalue weighted by molar-refractivity contribution is 8.04. The largest absolute Gasteiger partial charge is 0.389 e. The van der Waals surface area contributed by atoms with Crippen LogP contribution in [0.25, 0.3) is 0 Å². The number of carbonyl (C=O) groups excluding carboxylic acids is 1. The van der Waals surface area contributed by atoms with Crippen LogP contribution in [0.5, 0.6) is 0 Å². The summed E-state index contributed by atoms with van der Waals surface area (Å²) in [6.07, 6.45) is 4.08. The van der Waals surface area contributed by atoms with Gasteiger partial charge in [-0.1, -0.05) is 0 Å². The average Bonchev–Trinajstić information content (AvgIpc) is 2.77. The van der Waals surface area contributed by atoms with Crippen LogP contribution in [-0.2, 0) is 11.2 Å². The molecule has 2 aliphatic heterocycles. The van der Waals surface area contributed by atoms with Crippen molar-refractivity contribution in [1.29, 1.82) is 0 Å². The van der Waals surface area contributed by atoms with Crippen LogP contribution in [0, 0.1) is 0 Å². The fraction of sp³-hybridized carbons (Fsp3) is 0.385. The molecule has 20 heavy (non-hydrogen) atoms. The Morgan fingerprint density at radius 1 is 1.65 bits per heavy atom. The minimum Gasteiger partial charge on any atom is -0.389 e. The van der Waals surface area contributed by atoms with Crippen LogP contribution in [0.3, 0.4) is 0 Å². The first-order valence-corrected chi connectivity index (χ1v) is 7.49. The molecule has 0 aromatic carbocycles. The minimum absolute atomic E-state index is 0.0829. The SMILES string of the molecule is CN1c2nccc(NC(=O)C3=CNCCS3)c2C[C@@H]1N. The predicted molar refractivity (Wildman–Crippen MR) is 81.5 cm³/mol. The standard InChI is InChI=1S/C13H17N5OS/c1-18-11(14)6-8-9(2-3-16-12(8)18)17-13(19)10-7-15-4-5-20-10/h2-3,7,11,15H,4-6,14H2,1H3,(H,16,17,19)/t11-/m1/s1. The molecule has 6 nitrogen and oxygen atoms in total. The van der Waals surface area contributed by atoms with Gasteiger partial charge in [0.05, 0.1) is 11.1 Å². The molecule has 0 saturated carbocycles. The summed E-state index contributed by atoms with van der Waals surface area (Å²) in [4.78, 5) is 19.2. The van der Waals surface area contributed by atoms with Crippen molar-refractivity contribution in [3.8, 4) is 0 Å². The number of pyridine rings is 1. The molecular formula is C13H17N5OS. The molecule has 0 unspecified atom stereocenters. The van der Waals surface area contributed by atoms with E-state index in [1.807, 2.05) is 18.0 Å². The summed E-state index contributed by atoms with van der Waals surface area (Å²) in [5, 5.41) is 6.05. The van der Waals surface area contributed by atoms with E-state index in [0.717, 1.165) is 29.4 Å². The fourth-order valence-electron chi connectivity index (χ4n) is 2.35. The van der Waals surface area contributed by atoms with E-state index in [2.05, 4.69) is 15.6 Å². The molecule has 106 valence electrons. The second kappa shape index (κ2) is 5.34. The van der Waals surface area contributed by atoms with E-state index in [-0.39, 0.29) is 12.1 Å². The first-order chi connectivity index (χ1) is 9.66. The third kappa shape index (κ3) is 2.34. The number of amides is 1. The van der Waals surface area contributed by atoms with Crippen LogP contribution < -0.4 is 21.3 Å². The van der Waals surface area contributed by atoms with Crippen molar-refractivity contribution in [2.45, 2.75) is 12.6 Å². The molecule has 1 aromatic rings. The highest BCUT2D eigenvalue weighted by Gasteiger charge is 2.27. The molecule has 1 amide bonds. The summed E-state index contributed by atoms with van der Waals surface area (Å²) < 4.78 is 0. The van der Waals surface area contributed by atoms with Crippen molar-refractivity contribution in [2.24, 2.45) is 5.73 Å². The molecule has 0 fully saturated rings. The first kappa shape index (κ1) is 13.3. The summed E-state index contributed by atoms with van der Waals surface area (Å²) in [6, 6.07) is 1.82. The Morgan fingerprint density at radius 2 is 2.50 bits per heavy atom. The van der Waals surface area contributed by atoms with E-state index in [4.69, 9.17) is 5.73 Å². The molecule has 0 spiro atoms. The zero-order valence-corrected chi connectivity index (χ0v) is 12.0. The molecular weight excluding hydrogens is 274 g/mol. The molecule has 3 heterocycles. The average molecular weight is 291 g/mol. The summed E-state index contributed by atoms with van der Waals surface area (Å²) in [7, 11) is 1.92. The van der Waals surface area contributed by atoms with Crippen molar-refractivity contribution < 1.29 is 4.79 Å². The normalized spacial score (nSPS) is 21.0. The molecule has 2 aliphatic rings. The van der Waals surface area contributed by atoms with Crippen molar-refractivity contribution >= 4 is 29.2 Å². The maximum Gasteiger partial charge on any atom is 0.263 e. The van der Waals surface area contributed by atoms with Gasteiger partial charge in [-0.3, -0.25) is 4.79 Å². The number of hydrogen-bond acceptors (Lipinski definition) is 6. The summed E-state index contributed by atoms with van der Waals surface area (Å²) >= 11 is 1.56. The van der Waals surface area contributed by atoms with E-state index in [0.29, 0.717) is 11.3 Å². The Morgan fingerprint density at radius 3 is 3.25 bits per heavy atom. The van der Waals surface area contributed by atoms with Crippen LogP contribution in [-0.4, -0.2) is 36.4 Å². The van der Waals surface area contributed by atoms with Gasteiger partial charge in [0.2, 0.25) is 0 Å². The second-order valence-electron chi connectivity index (χ2n) is 4.81. The van der Waals surface area contributed by atoms with Gasteiger partial charge < -0.3 is 21.3 Å². The Kier molecular flexibility index (Phi) is 3.54. The van der Waals surface area contributed by atoms with Gasteiger partial charge in [0.25, 0.3) is 5.91 Å². The Bertz CT molecular complexity index is 574. The van der Waals surface area contributed by atoms with Crippen molar-refractivity contribution in [3.05, 3.63) is 28.9 Å². The van der Waals surface area contributed by atoms with Crippen LogP contribution in [0.1, 0.15) is 5.56 Å². The molecule has 7 heteroatoms. The third-order valence-electron chi connectivity index (χ3n) is 3.49. The zero-order valence-electron chi connectivity index (χ0n) is 11.2. The van der Waals surface area contributed by atoms with Crippen molar-refractivity contribution in [3.63, 3.8) is 0 Å². The van der Waals surface area contributed by atoms with E-state index in [1.165, 1.54) is 0 Å². The van der Waals surface area contributed by atoms with Gasteiger partial charge in [0.15, 0.2) is 0 Å². The summed E-state index contributed by atoms with van der Waals surface area (Å²) in [5.41, 5.74) is 7.82. The number of nitrogens with one attached hydrogen (secondary N) is 2. The summed E-state index contributed by atoms with van der Waals surface area (Å²) in [5.74, 6) is 1.67. The first-order valence-electron chi connectivity index (χ1n) is 6.51. The van der Waals surface area contributed by atoms with E-state index in [1.54, 1.807) is 24.2 Å². The molecule has 0 bridgehead atoms. The fourth-order valence-corrected chi connectivity index (χ4v) is 3.14. The lowest BCUT2D eigenvalue weighted by molar-refractivity contribution is -0.112. The zero-order chi connectivity index (χ0) is 14.1. The number of nitrogens with two attached hydrogens (primary N) is 1. The number of carbonyl (C=O) groups is 1. The van der Waals surface area contributed by atoms with Gasteiger partial charge in [-0.15, -0.1) is 11.8 Å². The summed E-state index contributed by atoms with van der Waals surface area (Å²) in [6.45, 7) is 0.895. The van der Waals surface area contributed by atoms with Gasteiger partial charge >= 0.3 is 0 Å². The van der Waals surface area contributed by atoms with Gasteiger partial charge in [0, 0.05) is 49.4 Å². The third-order valence-corrected chi connectivity index (χ3v) is 4.51. The highest BCUT2D eigenvalue weighted by Crippen LogP contribution is 2.33. The maximum atomic E-state index is 12.2. The predicted octanol–water partition coefficient (Wildman–Crippen LogP) is 0.475. The van der Waals surface area contributed by atoms with Crippen molar-refractivity contribution in [2.75, 3.05) is 29.6 Å². The van der Waals surface area contributed by atoms with Gasteiger partial charge in [-0.05, 0) is 6.07 Å².